The SMILES string of the molecule is CCOc1ccc(C(O)CN2C(=O)CC(C)C2=O)cc1. The largest absolute Gasteiger partial charge is 0.494 e. The Kier molecular flexibility index (Phi) is 4.39. The van der Waals surface area contributed by atoms with Crippen molar-refractivity contribution < 1.29 is 19.4 Å². The fourth-order valence-corrected chi connectivity index (χ4v) is 2.27. The number of carbonyl (C=O) groups excluding carboxylic acids is 2. The van der Waals surface area contributed by atoms with E-state index in [1.807, 2.05) is 6.92 Å². The van der Waals surface area contributed by atoms with Crippen molar-refractivity contribution in [3.8, 4) is 5.75 Å². The van der Waals surface area contributed by atoms with Gasteiger partial charge in [-0.1, -0.05) is 19.1 Å². The summed E-state index contributed by atoms with van der Waals surface area (Å²) in [6.45, 7) is 4.21. The minimum atomic E-state index is -0.871. The van der Waals surface area contributed by atoms with Crippen molar-refractivity contribution in [1.82, 2.24) is 4.90 Å². The van der Waals surface area contributed by atoms with Crippen LogP contribution in [0.3, 0.4) is 0 Å². The number of hydrogen-bond acceptors (Lipinski definition) is 4. The number of nitrogens with zero attached hydrogens (tertiary/aromatic N) is 1. The summed E-state index contributed by atoms with van der Waals surface area (Å²) in [5.41, 5.74) is 0.661. The second-order valence-corrected chi connectivity index (χ2v) is 4.97. The van der Waals surface area contributed by atoms with Gasteiger partial charge in [0.05, 0.1) is 19.3 Å². The van der Waals surface area contributed by atoms with Crippen LogP contribution in [0.5, 0.6) is 5.75 Å². The van der Waals surface area contributed by atoms with Crippen LogP contribution in [0.4, 0.5) is 0 Å². The molecule has 20 heavy (non-hydrogen) atoms. The van der Waals surface area contributed by atoms with E-state index in [1.165, 1.54) is 0 Å². The second kappa shape index (κ2) is 6.05. The quantitative estimate of drug-likeness (QED) is 0.829. The van der Waals surface area contributed by atoms with Gasteiger partial charge >= 0.3 is 0 Å². The topological polar surface area (TPSA) is 66.8 Å². The molecule has 2 amide bonds. The lowest BCUT2D eigenvalue weighted by Crippen LogP contribution is -2.34. The number of likely N-dealkylation sites (tertiary alicyclic amines) is 1. The minimum absolute atomic E-state index is 0.00991. The van der Waals surface area contributed by atoms with Gasteiger partial charge in [0.2, 0.25) is 11.8 Å². The Morgan fingerprint density at radius 3 is 2.50 bits per heavy atom. The highest BCUT2D eigenvalue weighted by Gasteiger charge is 2.36. The van der Waals surface area contributed by atoms with E-state index in [2.05, 4.69) is 0 Å². The molecular weight excluding hydrogens is 258 g/mol. The number of benzene rings is 1. The summed E-state index contributed by atoms with van der Waals surface area (Å²) in [5, 5.41) is 10.1. The van der Waals surface area contributed by atoms with Crippen molar-refractivity contribution >= 4 is 11.8 Å². The predicted molar refractivity (Wildman–Crippen MR) is 73.1 cm³/mol. The average Bonchev–Trinajstić information content (AvgIpc) is 2.66. The van der Waals surface area contributed by atoms with Crippen molar-refractivity contribution in [3.05, 3.63) is 29.8 Å². The molecule has 1 heterocycles. The van der Waals surface area contributed by atoms with E-state index in [0.717, 1.165) is 10.6 Å². The van der Waals surface area contributed by atoms with Crippen molar-refractivity contribution in [1.29, 1.82) is 0 Å². The first-order valence-corrected chi connectivity index (χ1v) is 6.78. The molecule has 1 aromatic carbocycles. The lowest BCUT2D eigenvalue weighted by Gasteiger charge is -2.19. The van der Waals surface area contributed by atoms with Crippen LogP contribution in [-0.2, 0) is 9.59 Å². The zero-order chi connectivity index (χ0) is 14.7. The predicted octanol–water partition coefficient (Wildman–Crippen LogP) is 1.51. The van der Waals surface area contributed by atoms with Crippen LogP contribution in [0, 0.1) is 5.92 Å². The average molecular weight is 277 g/mol. The third kappa shape index (κ3) is 2.99. The van der Waals surface area contributed by atoms with E-state index in [4.69, 9.17) is 4.74 Å². The standard InChI is InChI=1S/C15H19NO4/c1-3-20-12-6-4-11(5-7-12)13(17)9-16-14(18)8-10(2)15(16)19/h4-7,10,13,17H,3,8-9H2,1-2H3. The molecule has 0 bridgehead atoms. The molecule has 2 unspecified atom stereocenters. The number of carbonyl (C=O) groups is 2. The molecule has 1 fully saturated rings. The summed E-state index contributed by atoms with van der Waals surface area (Å²) in [6, 6.07) is 7.00. The third-order valence-corrected chi connectivity index (χ3v) is 3.40. The Balaban J connectivity index is 2.02. The van der Waals surface area contributed by atoms with Gasteiger partial charge in [0, 0.05) is 12.3 Å². The van der Waals surface area contributed by atoms with Crippen LogP contribution >= 0.6 is 0 Å². The number of rotatable bonds is 5. The van der Waals surface area contributed by atoms with E-state index in [-0.39, 0.29) is 30.7 Å². The van der Waals surface area contributed by atoms with E-state index in [1.54, 1.807) is 31.2 Å². The summed E-state index contributed by atoms with van der Waals surface area (Å²) in [6.07, 6.45) is -0.640. The zero-order valence-electron chi connectivity index (χ0n) is 11.7. The number of ether oxygens (including phenoxy) is 1. The lowest BCUT2D eigenvalue weighted by molar-refractivity contribution is -0.140. The number of hydrogen-bond donors (Lipinski definition) is 1. The van der Waals surface area contributed by atoms with Gasteiger partial charge in [-0.25, -0.2) is 0 Å². The molecule has 1 aliphatic heterocycles. The van der Waals surface area contributed by atoms with Crippen molar-refractivity contribution in [2.24, 2.45) is 5.92 Å². The molecule has 0 spiro atoms. The first-order valence-electron chi connectivity index (χ1n) is 6.78. The summed E-state index contributed by atoms with van der Waals surface area (Å²) in [5.74, 6) is 0.0212. The molecule has 2 atom stereocenters. The molecular formula is C15H19NO4. The van der Waals surface area contributed by atoms with Gasteiger partial charge < -0.3 is 9.84 Å². The van der Waals surface area contributed by atoms with Gasteiger partial charge in [0.25, 0.3) is 0 Å². The molecule has 2 rings (SSSR count). The van der Waals surface area contributed by atoms with Crippen LogP contribution < -0.4 is 4.74 Å². The molecule has 1 aliphatic rings. The maximum absolute atomic E-state index is 11.8. The molecule has 1 saturated heterocycles. The molecule has 0 saturated carbocycles. The molecule has 5 nitrogen and oxygen atoms in total. The number of β-amino-alcohol motifs (C(OH)–C–C–N with tert-alkyl or cyclic N) is 1. The molecule has 1 aromatic rings. The van der Waals surface area contributed by atoms with Gasteiger partial charge in [-0.15, -0.1) is 0 Å². The molecule has 108 valence electrons. The fourth-order valence-electron chi connectivity index (χ4n) is 2.27. The summed E-state index contributed by atoms with van der Waals surface area (Å²) in [4.78, 5) is 24.6. The van der Waals surface area contributed by atoms with E-state index in [9.17, 15) is 14.7 Å². The van der Waals surface area contributed by atoms with Gasteiger partial charge in [0.15, 0.2) is 0 Å². The second-order valence-electron chi connectivity index (χ2n) is 4.97. The highest BCUT2D eigenvalue weighted by atomic mass is 16.5. The summed E-state index contributed by atoms with van der Waals surface area (Å²) >= 11 is 0. The fraction of sp³-hybridized carbons (Fsp3) is 0.467. The molecule has 0 aromatic heterocycles. The van der Waals surface area contributed by atoms with E-state index < -0.39 is 6.10 Å². The smallest absolute Gasteiger partial charge is 0.232 e. The van der Waals surface area contributed by atoms with Crippen LogP contribution in [0.2, 0.25) is 0 Å². The molecule has 0 aliphatic carbocycles. The molecule has 0 radical (unpaired) electrons. The van der Waals surface area contributed by atoms with Crippen LogP contribution in [-0.4, -0.2) is 35.0 Å². The van der Waals surface area contributed by atoms with Gasteiger partial charge in [-0.3, -0.25) is 14.5 Å². The van der Waals surface area contributed by atoms with E-state index in [0.29, 0.717) is 12.2 Å². The zero-order valence-corrected chi connectivity index (χ0v) is 11.7. The summed E-state index contributed by atoms with van der Waals surface area (Å²) < 4.78 is 5.32. The van der Waals surface area contributed by atoms with Crippen molar-refractivity contribution in [2.45, 2.75) is 26.4 Å². The maximum Gasteiger partial charge on any atom is 0.232 e. The Morgan fingerprint density at radius 1 is 1.35 bits per heavy atom. The van der Waals surface area contributed by atoms with Crippen LogP contribution in [0.15, 0.2) is 24.3 Å². The summed E-state index contributed by atoms with van der Waals surface area (Å²) in [7, 11) is 0. The van der Waals surface area contributed by atoms with E-state index >= 15 is 0 Å². The minimum Gasteiger partial charge on any atom is -0.494 e. The Morgan fingerprint density at radius 2 is 2.00 bits per heavy atom. The molecule has 1 N–H and O–H groups in total. The van der Waals surface area contributed by atoms with Crippen LogP contribution in [0.25, 0.3) is 0 Å². The maximum atomic E-state index is 11.8. The number of aliphatic hydroxyl groups excluding tert-OH is 1. The first-order chi connectivity index (χ1) is 9.52. The Bertz CT molecular complexity index is 497. The number of aliphatic hydroxyl groups is 1. The third-order valence-electron chi connectivity index (χ3n) is 3.40. The Labute approximate surface area is 118 Å². The monoisotopic (exact) mass is 277 g/mol. The number of amides is 2. The van der Waals surface area contributed by atoms with Crippen molar-refractivity contribution in [3.63, 3.8) is 0 Å². The number of imide groups is 1. The first kappa shape index (κ1) is 14.5. The van der Waals surface area contributed by atoms with Gasteiger partial charge in [0.1, 0.15) is 5.75 Å². The Hall–Kier alpha value is -1.88. The lowest BCUT2D eigenvalue weighted by atomic mass is 10.1. The highest BCUT2D eigenvalue weighted by molar-refractivity contribution is 6.03. The normalized spacial score (nSPS) is 20.4. The molecule has 5 heteroatoms. The van der Waals surface area contributed by atoms with Gasteiger partial charge in [-0.05, 0) is 24.6 Å². The van der Waals surface area contributed by atoms with Crippen LogP contribution in [0.1, 0.15) is 31.9 Å². The van der Waals surface area contributed by atoms with Crippen molar-refractivity contribution in [2.75, 3.05) is 13.2 Å². The highest BCUT2D eigenvalue weighted by Crippen LogP contribution is 2.24. The van der Waals surface area contributed by atoms with Gasteiger partial charge in [-0.2, -0.15) is 0 Å².